The lowest BCUT2D eigenvalue weighted by Gasteiger charge is -2.16. The number of carbonyl (C=O) groups excluding carboxylic acids is 1. The summed E-state index contributed by atoms with van der Waals surface area (Å²) >= 11 is 0. The molecule has 3 aromatic rings. The number of anilines is 1. The number of aromatic nitrogens is 2. The molecule has 30 heavy (non-hydrogen) atoms. The second kappa shape index (κ2) is 8.53. The van der Waals surface area contributed by atoms with E-state index in [0.29, 0.717) is 25.6 Å². The predicted octanol–water partition coefficient (Wildman–Crippen LogP) is 4.45. The molecule has 1 aliphatic heterocycles. The van der Waals surface area contributed by atoms with Crippen LogP contribution < -0.4 is 14.8 Å². The molecule has 1 aromatic heterocycles. The minimum absolute atomic E-state index is 0.167. The molecule has 2 aromatic carbocycles. The monoisotopic (exact) mass is 403 g/mol. The number of fused-ring (bicyclic) bond motifs is 1. The second-order valence-corrected chi connectivity index (χ2v) is 7.52. The van der Waals surface area contributed by atoms with Crippen LogP contribution in [0.5, 0.6) is 11.8 Å². The molecular formula is C24H25N3O3. The Morgan fingerprint density at radius 1 is 1.20 bits per heavy atom. The maximum Gasteiger partial charge on any atom is 0.316 e. The van der Waals surface area contributed by atoms with Crippen molar-refractivity contribution in [2.45, 2.75) is 32.7 Å². The first-order chi connectivity index (χ1) is 14.6. The molecule has 0 unspecified atom stereocenters. The van der Waals surface area contributed by atoms with Gasteiger partial charge in [-0.15, -0.1) is 0 Å². The highest BCUT2D eigenvalue weighted by molar-refractivity contribution is 5.71. The van der Waals surface area contributed by atoms with Crippen molar-refractivity contribution < 1.29 is 14.3 Å². The highest BCUT2D eigenvalue weighted by Gasteiger charge is 2.23. The van der Waals surface area contributed by atoms with Crippen molar-refractivity contribution in [2.75, 3.05) is 19.0 Å². The number of nitrogens with zero attached hydrogens (tertiary/aromatic N) is 2. The van der Waals surface area contributed by atoms with Crippen LogP contribution in [0.4, 0.5) is 5.69 Å². The van der Waals surface area contributed by atoms with Crippen LogP contribution in [0.25, 0.3) is 11.1 Å². The fourth-order valence-corrected chi connectivity index (χ4v) is 3.97. The molecule has 0 bridgehead atoms. The summed E-state index contributed by atoms with van der Waals surface area (Å²) in [5.74, 6) is 1.03. The summed E-state index contributed by atoms with van der Waals surface area (Å²) in [4.78, 5) is 19.3. The van der Waals surface area contributed by atoms with Crippen molar-refractivity contribution in [1.82, 2.24) is 9.97 Å². The molecule has 4 rings (SSSR count). The van der Waals surface area contributed by atoms with Gasteiger partial charge in [0.05, 0.1) is 13.7 Å². The smallest absolute Gasteiger partial charge is 0.316 e. The van der Waals surface area contributed by atoms with E-state index in [1.807, 2.05) is 12.1 Å². The fourth-order valence-electron chi connectivity index (χ4n) is 3.97. The number of carbonyl (C=O) groups is 1. The van der Waals surface area contributed by atoms with Gasteiger partial charge < -0.3 is 19.6 Å². The summed E-state index contributed by atoms with van der Waals surface area (Å²) in [6.45, 7) is 5.48. The third-order valence-corrected chi connectivity index (χ3v) is 5.64. The normalized spacial score (nSPS) is 14.7. The van der Waals surface area contributed by atoms with Crippen molar-refractivity contribution in [2.24, 2.45) is 0 Å². The fraction of sp³-hybridized carbons (Fsp3) is 0.292. The maximum absolute atomic E-state index is 10.8. The second-order valence-electron chi connectivity index (χ2n) is 7.52. The number of aldehydes is 1. The summed E-state index contributed by atoms with van der Waals surface area (Å²) in [7, 11) is 1.56. The highest BCUT2D eigenvalue weighted by atomic mass is 16.5. The summed E-state index contributed by atoms with van der Waals surface area (Å²) < 4.78 is 10.8. The van der Waals surface area contributed by atoms with E-state index in [1.165, 1.54) is 16.7 Å². The quantitative estimate of drug-likeness (QED) is 0.588. The number of nitrogens with one attached hydrogen (secondary N) is 1. The van der Waals surface area contributed by atoms with E-state index >= 15 is 0 Å². The van der Waals surface area contributed by atoms with E-state index in [1.54, 1.807) is 19.5 Å². The largest absolute Gasteiger partial charge is 0.493 e. The van der Waals surface area contributed by atoms with Gasteiger partial charge in [-0.2, -0.15) is 0 Å². The van der Waals surface area contributed by atoms with E-state index in [0.717, 1.165) is 34.4 Å². The van der Waals surface area contributed by atoms with Gasteiger partial charge in [-0.1, -0.05) is 18.2 Å². The lowest BCUT2D eigenvalue weighted by atomic mass is 9.93. The minimum atomic E-state index is 0.167. The van der Waals surface area contributed by atoms with E-state index < -0.39 is 0 Å². The lowest BCUT2D eigenvalue weighted by molar-refractivity contribution is -0.108. The Labute approximate surface area is 176 Å². The van der Waals surface area contributed by atoms with Gasteiger partial charge in [0.1, 0.15) is 12.0 Å². The maximum atomic E-state index is 10.8. The first-order valence-corrected chi connectivity index (χ1v) is 10.0. The average molecular weight is 403 g/mol. The Morgan fingerprint density at radius 2 is 2.00 bits per heavy atom. The Kier molecular flexibility index (Phi) is 5.65. The van der Waals surface area contributed by atoms with E-state index in [-0.39, 0.29) is 5.92 Å². The van der Waals surface area contributed by atoms with E-state index in [2.05, 4.69) is 47.3 Å². The number of rotatable bonds is 7. The van der Waals surface area contributed by atoms with Crippen molar-refractivity contribution in [3.8, 4) is 22.9 Å². The van der Waals surface area contributed by atoms with Crippen LogP contribution in [0.15, 0.2) is 42.7 Å². The Balaban J connectivity index is 1.54. The van der Waals surface area contributed by atoms with Crippen LogP contribution >= 0.6 is 0 Å². The molecule has 0 radical (unpaired) electrons. The molecule has 1 aliphatic rings. The first kappa shape index (κ1) is 19.9. The SMILES string of the molecule is COc1ncc(-c2c(C)ccc(CNc3ccc4c(c3)OC[C@H]4CC=O)c2C)cn1. The number of ether oxygens (including phenoxy) is 2. The van der Waals surface area contributed by atoms with Crippen molar-refractivity contribution in [3.63, 3.8) is 0 Å². The molecule has 6 heteroatoms. The Bertz CT molecular complexity index is 1060. The third-order valence-electron chi connectivity index (χ3n) is 5.64. The topological polar surface area (TPSA) is 73.3 Å². The van der Waals surface area contributed by atoms with Crippen molar-refractivity contribution in [1.29, 1.82) is 0 Å². The Morgan fingerprint density at radius 3 is 2.73 bits per heavy atom. The van der Waals surface area contributed by atoms with Crippen LogP contribution in [0.2, 0.25) is 0 Å². The highest BCUT2D eigenvalue weighted by Crippen LogP contribution is 2.37. The van der Waals surface area contributed by atoms with Crippen molar-refractivity contribution >= 4 is 12.0 Å². The zero-order valence-corrected chi connectivity index (χ0v) is 17.4. The zero-order chi connectivity index (χ0) is 21.1. The van der Waals surface area contributed by atoms with Crippen LogP contribution in [0.1, 0.15) is 34.6 Å². The molecule has 0 aliphatic carbocycles. The molecule has 1 atom stereocenters. The van der Waals surface area contributed by atoms with Gasteiger partial charge in [-0.25, -0.2) is 9.97 Å². The van der Waals surface area contributed by atoms with Crippen LogP contribution in [-0.2, 0) is 11.3 Å². The summed E-state index contributed by atoms with van der Waals surface area (Å²) in [5, 5.41) is 3.49. The molecule has 2 heterocycles. The summed E-state index contributed by atoms with van der Waals surface area (Å²) in [5.41, 5.74) is 7.80. The Hall–Kier alpha value is -3.41. The standard InChI is InChI=1S/C24H25N3O3/c1-15-4-5-17(16(2)23(15)19-12-26-24(29-3)27-13-19)11-25-20-6-7-21-18(8-9-28)14-30-22(21)10-20/h4-7,9-10,12-13,18,25H,8,11,14H2,1-3H3/t18-/m1/s1. The first-order valence-electron chi connectivity index (χ1n) is 10.0. The van der Waals surface area contributed by atoms with Gasteiger partial charge in [0.15, 0.2) is 0 Å². The molecule has 1 N–H and O–H groups in total. The molecule has 154 valence electrons. The zero-order valence-electron chi connectivity index (χ0n) is 17.4. The molecule has 6 nitrogen and oxygen atoms in total. The number of hydrogen-bond acceptors (Lipinski definition) is 6. The molecule has 0 saturated heterocycles. The van der Waals surface area contributed by atoms with E-state index in [9.17, 15) is 4.79 Å². The number of benzene rings is 2. The van der Waals surface area contributed by atoms with Crippen LogP contribution in [0, 0.1) is 13.8 Å². The molecule has 0 saturated carbocycles. The number of aryl methyl sites for hydroxylation is 1. The van der Waals surface area contributed by atoms with Gasteiger partial charge in [-0.05, 0) is 42.2 Å². The predicted molar refractivity (Wildman–Crippen MR) is 116 cm³/mol. The van der Waals surface area contributed by atoms with Gasteiger partial charge >= 0.3 is 6.01 Å². The average Bonchev–Trinajstić information content (AvgIpc) is 3.16. The summed E-state index contributed by atoms with van der Waals surface area (Å²) in [6, 6.07) is 10.8. The number of hydrogen-bond donors (Lipinski definition) is 1. The van der Waals surface area contributed by atoms with Gasteiger partial charge in [0, 0.05) is 54.2 Å². The minimum Gasteiger partial charge on any atom is -0.493 e. The molecule has 0 fully saturated rings. The summed E-state index contributed by atoms with van der Waals surface area (Å²) in [6.07, 6.45) is 5.05. The number of methoxy groups -OCH3 is 1. The van der Waals surface area contributed by atoms with Crippen LogP contribution in [-0.4, -0.2) is 30.0 Å². The van der Waals surface area contributed by atoms with Gasteiger partial charge in [0.2, 0.25) is 0 Å². The molecule has 0 spiro atoms. The van der Waals surface area contributed by atoms with Gasteiger partial charge in [-0.3, -0.25) is 0 Å². The molecule has 0 amide bonds. The lowest BCUT2D eigenvalue weighted by Crippen LogP contribution is -2.04. The molecular weight excluding hydrogens is 378 g/mol. The van der Waals surface area contributed by atoms with E-state index in [4.69, 9.17) is 9.47 Å². The third kappa shape index (κ3) is 3.85. The van der Waals surface area contributed by atoms with Crippen molar-refractivity contribution in [3.05, 3.63) is 65.0 Å². The van der Waals surface area contributed by atoms with Gasteiger partial charge in [0.25, 0.3) is 0 Å². The van der Waals surface area contributed by atoms with Crippen LogP contribution in [0.3, 0.4) is 0 Å².